The summed E-state index contributed by atoms with van der Waals surface area (Å²) < 4.78 is 11.1. The van der Waals surface area contributed by atoms with Gasteiger partial charge >= 0.3 is 0 Å². The molecule has 2 aromatic rings. The first-order chi connectivity index (χ1) is 10.4. The van der Waals surface area contributed by atoms with Crippen LogP contribution in [-0.4, -0.2) is 23.3 Å². The van der Waals surface area contributed by atoms with Crippen molar-refractivity contribution >= 4 is 0 Å². The van der Waals surface area contributed by atoms with Gasteiger partial charge in [0.2, 0.25) is 0 Å². The van der Waals surface area contributed by atoms with Gasteiger partial charge in [-0.3, -0.25) is 0 Å². The van der Waals surface area contributed by atoms with E-state index in [2.05, 4.69) is 15.5 Å². The maximum Gasteiger partial charge on any atom is 0.261 e. The molecule has 21 heavy (non-hydrogen) atoms. The van der Waals surface area contributed by atoms with Gasteiger partial charge in [0, 0.05) is 0 Å². The second-order valence-corrected chi connectivity index (χ2v) is 5.24. The zero-order valence-corrected chi connectivity index (χ0v) is 12.3. The van der Waals surface area contributed by atoms with Gasteiger partial charge in [0.05, 0.1) is 18.2 Å². The molecule has 0 radical (unpaired) electrons. The Balaban J connectivity index is 1.84. The minimum Gasteiger partial charge on any atom is -0.493 e. The Hall–Kier alpha value is -1.88. The van der Waals surface area contributed by atoms with E-state index in [4.69, 9.17) is 9.26 Å². The molecule has 2 heterocycles. The molecule has 1 atom stereocenters. The van der Waals surface area contributed by atoms with Crippen molar-refractivity contribution in [1.29, 1.82) is 0 Å². The molecule has 1 saturated heterocycles. The fraction of sp³-hybridized carbons (Fsp3) is 0.500. The highest BCUT2D eigenvalue weighted by Gasteiger charge is 2.21. The first kappa shape index (κ1) is 14.1. The van der Waals surface area contributed by atoms with Gasteiger partial charge < -0.3 is 14.6 Å². The molecule has 3 rings (SSSR count). The molecule has 1 aromatic carbocycles. The minimum absolute atomic E-state index is 0.198. The number of nitrogens with zero attached hydrogens (tertiary/aromatic N) is 2. The summed E-state index contributed by atoms with van der Waals surface area (Å²) in [6, 6.07) is 7.96. The smallest absolute Gasteiger partial charge is 0.261 e. The highest BCUT2D eigenvalue weighted by Crippen LogP contribution is 2.30. The van der Waals surface area contributed by atoms with Gasteiger partial charge in [-0.15, -0.1) is 0 Å². The highest BCUT2D eigenvalue weighted by atomic mass is 16.5. The van der Waals surface area contributed by atoms with E-state index in [0.29, 0.717) is 12.5 Å². The molecule has 1 aliphatic rings. The Labute approximate surface area is 124 Å². The standard InChI is InChI=1S/C16H21N3O2/c1-2-20-14-10-6-5-8-12(14)16-18-15(19-21-16)13-9-4-3-7-11-17-13/h5-6,8,10,13,17H,2-4,7,9,11H2,1H3. The molecule has 0 saturated carbocycles. The molecule has 1 aromatic heterocycles. The number of rotatable bonds is 4. The molecule has 5 heteroatoms. The van der Waals surface area contributed by atoms with Crippen LogP contribution in [0.1, 0.15) is 44.5 Å². The number of benzene rings is 1. The quantitative estimate of drug-likeness (QED) is 0.934. The van der Waals surface area contributed by atoms with Crippen molar-refractivity contribution in [3.63, 3.8) is 0 Å². The molecule has 1 aliphatic heterocycles. The second-order valence-electron chi connectivity index (χ2n) is 5.24. The van der Waals surface area contributed by atoms with Crippen molar-refractivity contribution < 1.29 is 9.26 Å². The summed E-state index contributed by atoms with van der Waals surface area (Å²) in [6.07, 6.45) is 4.75. The number of hydrogen-bond acceptors (Lipinski definition) is 5. The van der Waals surface area contributed by atoms with E-state index < -0.39 is 0 Å². The van der Waals surface area contributed by atoms with Gasteiger partial charge in [-0.25, -0.2) is 0 Å². The predicted molar refractivity (Wildman–Crippen MR) is 80.1 cm³/mol. The third kappa shape index (κ3) is 3.24. The van der Waals surface area contributed by atoms with E-state index in [9.17, 15) is 0 Å². The summed E-state index contributed by atoms with van der Waals surface area (Å²) in [6.45, 7) is 3.59. The fourth-order valence-electron chi connectivity index (χ4n) is 2.66. The molecule has 1 unspecified atom stereocenters. The number of nitrogens with one attached hydrogen (secondary N) is 1. The van der Waals surface area contributed by atoms with E-state index in [1.54, 1.807) is 0 Å². The maximum absolute atomic E-state index is 5.62. The molecular weight excluding hydrogens is 266 g/mol. The van der Waals surface area contributed by atoms with Gasteiger partial charge in [0.1, 0.15) is 5.75 Å². The van der Waals surface area contributed by atoms with Gasteiger partial charge in [-0.2, -0.15) is 4.98 Å². The van der Waals surface area contributed by atoms with Crippen LogP contribution in [0.2, 0.25) is 0 Å². The predicted octanol–water partition coefficient (Wildman–Crippen LogP) is 3.34. The Bertz CT molecular complexity index is 574. The number of para-hydroxylation sites is 1. The summed E-state index contributed by atoms with van der Waals surface area (Å²) in [5.41, 5.74) is 0.853. The van der Waals surface area contributed by atoms with Crippen molar-refractivity contribution in [2.24, 2.45) is 0 Å². The van der Waals surface area contributed by atoms with Crippen LogP contribution < -0.4 is 10.1 Å². The van der Waals surface area contributed by atoms with Crippen molar-refractivity contribution in [2.75, 3.05) is 13.2 Å². The van der Waals surface area contributed by atoms with E-state index in [1.165, 1.54) is 19.3 Å². The Morgan fingerprint density at radius 2 is 2.19 bits per heavy atom. The number of aromatic nitrogens is 2. The third-order valence-electron chi connectivity index (χ3n) is 3.73. The summed E-state index contributed by atoms with van der Waals surface area (Å²) in [7, 11) is 0. The molecule has 1 N–H and O–H groups in total. The molecule has 0 spiro atoms. The lowest BCUT2D eigenvalue weighted by Gasteiger charge is -2.10. The summed E-state index contributed by atoms with van der Waals surface area (Å²) >= 11 is 0. The number of ether oxygens (including phenoxy) is 1. The normalized spacial score (nSPS) is 19.2. The maximum atomic E-state index is 5.62. The monoisotopic (exact) mass is 287 g/mol. The fourth-order valence-corrected chi connectivity index (χ4v) is 2.66. The van der Waals surface area contributed by atoms with Gasteiger partial charge in [-0.05, 0) is 38.4 Å². The van der Waals surface area contributed by atoms with Gasteiger partial charge in [0.15, 0.2) is 5.82 Å². The minimum atomic E-state index is 0.198. The lowest BCUT2D eigenvalue weighted by Crippen LogP contribution is -2.21. The van der Waals surface area contributed by atoms with Crippen LogP contribution in [0.4, 0.5) is 0 Å². The van der Waals surface area contributed by atoms with Crippen molar-refractivity contribution in [1.82, 2.24) is 15.5 Å². The second kappa shape index (κ2) is 6.72. The molecular formula is C16H21N3O2. The Kier molecular flexibility index (Phi) is 4.50. The zero-order chi connectivity index (χ0) is 14.5. The topological polar surface area (TPSA) is 60.2 Å². The van der Waals surface area contributed by atoms with Crippen LogP contribution in [0.15, 0.2) is 28.8 Å². The highest BCUT2D eigenvalue weighted by molar-refractivity contribution is 5.62. The van der Waals surface area contributed by atoms with Gasteiger partial charge in [0.25, 0.3) is 5.89 Å². The lowest BCUT2D eigenvalue weighted by molar-refractivity contribution is 0.339. The summed E-state index contributed by atoms with van der Waals surface area (Å²) in [4.78, 5) is 4.57. The van der Waals surface area contributed by atoms with Crippen molar-refractivity contribution in [3.8, 4) is 17.2 Å². The number of hydrogen-bond donors (Lipinski definition) is 1. The Morgan fingerprint density at radius 3 is 3.10 bits per heavy atom. The first-order valence-corrected chi connectivity index (χ1v) is 7.67. The zero-order valence-electron chi connectivity index (χ0n) is 12.3. The van der Waals surface area contributed by atoms with Crippen LogP contribution in [-0.2, 0) is 0 Å². The van der Waals surface area contributed by atoms with Crippen LogP contribution in [0.25, 0.3) is 11.5 Å². The molecule has 0 bridgehead atoms. The van der Waals surface area contributed by atoms with E-state index in [0.717, 1.165) is 30.1 Å². The SMILES string of the molecule is CCOc1ccccc1-c1nc(C2CCCCCN2)no1. The molecule has 0 aliphatic carbocycles. The van der Waals surface area contributed by atoms with E-state index in [1.807, 2.05) is 31.2 Å². The van der Waals surface area contributed by atoms with Crippen LogP contribution >= 0.6 is 0 Å². The average Bonchev–Trinajstić information content (AvgIpc) is 2.84. The van der Waals surface area contributed by atoms with E-state index in [-0.39, 0.29) is 6.04 Å². The molecule has 1 fully saturated rings. The van der Waals surface area contributed by atoms with Crippen molar-refractivity contribution in [3.05, 3.63) is 30.1 Å². The lowest BCUT2D eigenvalue weighted by atomic mass is 10.1. The Morgan fingerprint density at radius 1 is 1.29 bits per heavy atom. The average molecular weight is 287 g/mol. The van der Waals surface area contributed by atoms with Gasteiger partial charge in [-0.1, -0.05) is 30.1 Å². The molecule has 5 nitrogen and oxygen atoms in total. The van der Waals surface area contributed by atoms with Crippen LogP contribution in [0, 0.1) is 0 Å². The van der Waals surface area contributed by atoms with E-state index >= 15 is 0 Å². The largest absolute Gasteiger partial charge is 0.493 e. The molecule has 112 valence electrons. The summed E-state index contributed by atoms with van der Waals surface area (Å²) in [5.74, 6) is 2.06. The summed E-state index contributed by atoms with van der Waals surface area (Å²) in [5, 5.41) is 7.64. The molecule has 0 amide bonds. The third-order valence-corrected chi connectivity index (χ3v) is 3.73. The van der Waals surface area contributed by atoms with Crippen LogP contribution in [0.5, 0.6) is 5.75 Å². The first-order valence-electron chi connectivity index (χ1n) is 7.67. The van der Waals surface area contributed by atoms with Crippen LogP contribution in [0.3, 0.4) is 0 Å². The van der Waals surface area contributed by atoms with Crippen molar-refractivity contribution in [2.45, 2.75) is 38.6 Å².